The van der Waals surface area contributed by atoms with Crippen molar-refractivity contribution in [1.82, 2.24) is 14.8 Å². The van der Waals surface area contributed by atoms with E-state index in [4.69, 9.17) is 0 Å². The normalized spacial score (nSPS) is 12.4. The molecule has 17 heavy (non-hydrogen) atoms. The first-order valence-electron chi connectivity index (χ1n) is 5.02. The van der Waals surface area contributed by atoms with Crippen LogP contribution in [0.1, 0.15) is 5.56 Å². The smallest absolute Gasteiger partial charge is 0.215 e. The molecule has 5 nitrogen and oxygen atoms in total. The Kier molecular flexibility index (Phi) is 3.13. The van der Waals surface area contributed by atoms with Gasteiger partial charge in [0.2, 0.25) is 5.71 Å². The third-order valence-corrected chi connectivity index (χ3v) is 2.34. The van der Waals surface area contributed by atoms with Gasteiger partial charge in [-0.25, -0.2) is 18.8 Å². The molecule has 6 heteroatoms. The van der Waals surface area contributed by atoms with Crippen molar-refractivity contribution in [2.45, 2.75) is 6.54 Å². The van der Waals surface area contributed by atoms with Gasteiger partial charge in [-0.05, 0) is 24.3 Å². The van der Waals surface area contributed by atoms with Gasteiger partial charge in [-0.15, -0.1) is 0 Å². The van der Waals surface area contributed by atoms with E-state index in [0.29, 0.717) is 17.8 Å². The highest BCUT2D eigenvalue weighted by molar-refractivity contribution is 5.96. The Balaban J connectivity index is 2.31. The Labute approximate surface area is 97.4 Å². The Morgan fingerprint density at radius 1 is 1.41 bits per heavy atom. The third-order valence-electron chi connectivity index (χ3n) is 2.34. The van der Waals surface area contributed by atoms with Crippen LogP contribution in [0.5, 0.6) is 0 Å². The maximum absolute atomic E-state index is 12.8. The van der Waals surface area contributed by atoms with E-state index in [1.54, 1.807) is 12.1 Å². The van der Waals surface area contributed by atoms with Gasteiger partial charge in [-0.3, -0.25) is 0 Å². The van der Waals surface area contributed by atoms with Crippen LogP contribution in [0.4, 0.5) is 4.39 Å². The van der Waals surface area contributed by atoms with E-state index in [2.05, 4.69) is 10.1 Å². The summed E-state index contributed by atoms with van der Waals surface area (Å²) in [5.74, 6) is -0.331. The summed E-state index contributed by atoms with van der Waals surface area (Å²) in [6.07, 6.45) is 2.92. The zero-order valence-electron chi connectivity index (χ0n) is 9.25. The van der Waals surface area contributed by atoms with E-state index >= 15 is 0 Å². The lowest BCUT2D eigenvalue weighted by molar-refractivity contribution is -0.423. The molecule has 0 radical (unpaired) electrons. The van der Waals surface area contributed by atoms with Crippen LogP contribution in [0.2, 0.25) is 0 Å². The van der Waals surface area contributed by atoms with Gasteiger partial charge in [0.05, 0.1) is 0 Å². The zero-order chi connectivity index (χ0) is 12.3. The van der Waals surface area contributed by atoms with Crippen molar-refractivity contribution in [3.8, 4) is 0 Å². The fourth-order valence-corrected chi connectivity index (χ4v) is 1.48. The molecule has 0 fully saturated rings. The van der Waals surface area contributed by atoms with E-state index in [-0.39, 0.29) is 5.82 Å². The summed E-state index contributed by atoms with van der Waals surface area (Å²) < 4.78 is 15.1. The minimum absolute atomic E-state index is 0.297. The van der Waals surface area contributed by atoms with Crippen LogP contribution in [0.15, 0.2) is 36.9 Å². The molecule has 1 heterocycles. The average molecular weight is 234 g/mol. The average Bonchev–Trinajstić information content (AvgIpc) is 2.80. The van der Waals surface area contributed by atoms with Crippen molar-refractivity contribution in [1.29, 1.82) is 0 Å². The van der Waals surface area contributed by atoms with Crippen molar-refractivity contribution >= 4 is 5.71 Å². The lowest BCUT2D eigenvalue weighted by Gasteiger charge is -2.07. The molecule has 0 amide bonds. The Bertz CT molecular complexity index is 515. The first kappa shape index (κ1) is 11.3. The Morgan fingerprint density at radius 3 is 2.65 bits per heavy atom. The molecule has 1 aromatic heterocycles. The van der Waals surface area contributed by atoms with Gasteiger partial charge in [0.25, 0.3) is 0 Å². The number of hydrogen-bond acceptors (Lipinski definition) is 3. The van der Waals surface area contributed by atoms with Gasteiger partial charge in [0.1, 0.15) is 32.1 Å². The van der Waals surface area contributed by atoms with E-state index in [1.165, 1.54) is 36.5 Å². The van der Waals surface area contributed by atoms with Crippen LogP contribution in [-0.4, -0.2) is 32.3 Å². The van der Waals surface area contributed by atoms with Crippen LogP contribution in [0.25, 0.3) is 0 Å². The summed E-state index contributed by atoms with van der Waals surface area (Å²) in [6, 6.07) is 5.77. The van der Waals surface area contributed by atoms with Crippen LogP contribution >= 0.6 is 0 Å². The highest BCUT2D eigenvalue weighted by atomic mass is 19.1. The molecular weight excluding hydrogens is 223 g/mol. The second-order valence-corrected chi connectivity index (χ2v) is 3.54. The molecule has 0 saturated heterocycles. The van der Waals surface area contributed by atoms with Gasteiger partial charge in [-0.1, -0.05) is 0 Å². The molecule has 88 valence electrons. The number of nitrogens with zero attached hydrogens (tertiary/aromatic N) is 4. The minimum Gasteiger partial charge on any atom is -0.624 e. The first-order chi connectivity index (χ1) is 8.16. The second-order valence-electron chi connectivity index (χ2n) is 3.54. The van der Waals surface area contributed by atoms with Crippen LogP contribution in [0.3, 0.4) is 0 Å². The molecule has 0 atom stereocenters. The quantitative estimate of drug-likeness (QED) is 0.345. The van der Waals surface area contributed by atoms with Crippen molar-refractivity contribution in [3.63, 3.8) is 0 Å². The first-order valence-corrected chi connectivity index (χ1v) is 5.02. The molecule has 0 bridgehead atoms. The summed E-state index contributed by atoms with van der Waals surface area (Å²) in [5, 5.41) is 15.4. The van der Waals surface area contributed by atoms with Crippen molar-refractivity contribution in [2.24, 2.45) is 0 Å². The lowest BCUT2D eigenvalue weighted by atomic mass is 10.1. The molecule has 0 N–H and O–H groups in total. The van der Waals surface area contributed by atoms with Crippen molar-refractivity contribution < 1.29 is 9.13 Å². The van der Waals surface area contributed by atoms with Crippen LogP contribution in [-0.2, 0) is 6.54 Å². The van der Waals surface area contributed by atoms with Crippen molar-refractivity contribution in [3.05, 3.63) is 53.5 Å². The maximum atomic E-state index is 12.8. The topological polar surface area (TPSA) is 56.8 Å². The highest BCUT2D eigenvalue weighted by Gasteiger charge is 2.12. The lowest BCUT2D eigenvalue weighted by Crippen LogP contribution is -2.20. The van der Waals surface area contributed by atoms with Crippen LogP contribution < -0.4 is 0 Å². The summed E-state index contributed by atoms with van der Waals surface area (Å²) in [5.41, 5.74) is 1.16. The molecule has 0 unspecified atom stereocenters. The van der Waals surface area contributed by atoms with E-state index < -0.39 is 0 Å². The number of halogens is 1. The SMILES string of the molecule is C/[N+]([O-])=C(/Cn1cncn1)c1ccc(F)cc1. The van der Waals surface area contributed by atoms with Gasteiger partial charge in [0.15, 0.2) is 0 Å². The Morgan fingerprint density at radius 2 is 2.12 bits per heavy atom. The summed E-state index contributed by atoms with van der Waals surface area (Å²) in [4.78, 5) is 3.80. The molecule has 2 aromatic rings. The highest BCUT2D eigenvalue weighted by Crippen LogP contribution is 2.05. The summed E-state index contributed by atoms with van der Waals surface area (Å²) in [6.45, 7) is 0.297. The van der Waals surface area contributed by atoms with E-state index in [0.717, 1.165) is 4.74 Å². The molecule has 0 aliphatic heterocycles. The molecule has 0 aliphatic rings. The van der Waals surface area contributed by atoms with E-state index in [1.807, 2.05) is 0 Å². The zero-order valence-corrected chi connectivity index (χ0v) is 9.25. The predicted octanol–water partition coefficient (Wildman–Crippen LogP) is 1.05. The van der Waals surface area contributed by atoms with Gasteiger partial charge >= 0.3 is 0 Å². The second kappa shape index (κ2) is 4.73. The molecular formula is C11H11FN4O. The van der Waals surface area contributed by atoms with Crippen molar-refractivity contribution in [2.75, 3.05) is 7.05 Å². The number of benzene rings is 1. The molecule has 0 aliphatic carbocycles. The standard InChI is InChI=1S/C11H11FN4O/c1-15(17)11(6-16-8-13-7-14-16)9-2-4-10(12)5-3-9/h2-5,7-8H,6H2,1H3/b15-11+. The molecule has 0 spiro atoms. The number of aromatic nitrogens is 3. The molecule has 0 saturated carbocycles. The summed E-state index contributed by atoms with van der Waals surface area (Å²) in [7, 11) is 1.40. The largest absolute Gasteiger partial charge is 0.624 e. The van der Waals surface area contributed by atoms with E-state index in [9.17, 15) is 9.60 Å². The minimum atomic E-state index is -0.331. The monoisotopic (exact) mass is 234 g/mol. The van der Waals surface area contributed by atoms with Crippen LogP contribution in [0, 0.1) is 11.0 Å². The molecule has 2 rings (SSSR count). The number of hydroxylamine groups is 1. The number of hydrogen-bond donors (Lipinski definition) is 0. The number of rotatable bonds is 3. The van der Waals surface area contributed by atoms with Gasteiger partial charge in [0, 0.05) is 5.56 Å². The Hall–Kier alpha value is -2.24. The third kappa shape index (κ3) is 2.66. The maximum Gasteiger partial charge on any atom is 0.215 e. The van der Waals surface area contributed by atoms with Gasteiger partial charge < -0.3 is 5.21 Å². The summed E-state index contributed by atoms with van der Waals surface area (Å²) >= 11 is 0. The fraction of sp³-hybridized carbons (Fsp3) is 0.182. The van der Waals surface area contributed by atoms with Gasteiger partial charge in [-0.2, -0.15) is 5.10 Å². The molecule has 1 aromatic carbocycles. The fourth-order valence-electron chi connectivity index (χ4n) is 1.48. The predicted molar refractivity (Wildman–Crippen MR) is 60.1 cm³/mol.